The summed E-state index contributed by atoms with van der Waals surface area (Å²) in [5.74, 6) is 0. The van der Waals surface area contributed by atoms with Gasteiger partial charge < -0.3 is 0 Å². The van der Waals surface area contributed by atoms with E-state index in [0.717, 1.165) is 23.1 Å². The van der Waals surface area contributed by atoms with Gasteiger partial charge in [0.15, 0.2) is 5.65 Å². The van der Waals surface area contributed by atoms with Gasteiger partial charge in [-0.05, 0) is 24.0 Å². The quantitative estimate of drug-likeness (QED) is 0.749. The Labute approximate surface area is 83.6 Å². The van der Waals surface area contributed by atoms with Gasteiger partial charge in [0.05, 0.1) is 6.20 Å². The van der Waals surface area contributed by atoms with Gasteiger partial charge in [-0.1, -0.05) is 20.8 Å². The summed E-state index contributed by atoms with van der Waals surface area (Å²) in [6.45, 7) is 6.64. The maximum absolute atomic E-state index is 4.50. The van der Waals surface area contributed by atoms with Crippen molar-refractivity contribution in [3.63, 3.8) is 0 Å². The van der Waals surface area contributed by atoms with Crippen LogP contribution >= 0.6 is 0 Å². The molecule has 0 radical (unpaired) electrons. The second kappa shape index (κ2) is 3.08. The van der Waals surface area contributed by atoms with E-state index < -0.39 is 0 Å². The van der Waals surface area contributed by atoms with E-state index in [4.69, 9.17) is 0 Å². The summed E-state index contributed by atoms with van der Waals surface area (Å²) < 4.78 is 0. The maximum atomic E-state index is 4.50. The molecule has 0 spiro atoms. The molecule has 0 aliphatic heterocycles. The first-order valence-electron chi connectivity index (χ1n) is 4.84. The third kappa shape index (κ3) is 1.92. The lowest BCUT2D eigenvalue weighted by Crippen LogP contribution is -2.10. The lowest BCUT2D eigenvalue weighted by Gasteiger charge is -2.16. The summed E-state index contributed by atoms with van der Waals surface area (Å²) in [5.41, 5.74) is 2.28. The van der Waals surface area contributed by atoms with Gasteiger partial charge in [0.25, 0.3) is 0 Å². The van der Waals surface area contributed by atoms with Crippen LogP contribution in [-0.2, 0) is 6.42 Å². The molecule has 0 bridgehead atoms. The molecule has 0 saturated heterocycles. The Balaban J connectivity index is 2.35. The third-order valence-electron chi connectivity index (χ3n) is 2.07. The average molecular weight is 189 g/mol. The van der Waals surface area contributed by atoms with Gasteiger partial charge in [-0.25, -0.2) is 4.98 Å². The van der Waals surface area contributed by atoms with E-state index in [0.29, 0.717) is 0 Å². The molecule has 0 atom stereocenters. The van der Waals surface area contributed by atoms with Gasteiger partial charge in [0.2, 0.25) is 0 Å². The highest BCUT2D eigenvalue weighted by Gasteiger charge is 2.12. The molecule has 2 aromatic rings. The maximum Gasteiger partial charge on any atom is 0.155 e. The molecule has 0 fully saturated rings. The monoisotopic (exact) mass is 189 g/mol. The van der Waals surface area contributed by atoms with E-state index in [2.05, 4.69) is 48.1 Å². The van der Waals surface area contributed by atoms with Crippen LogP contribution in [0.5, 0.6) is 0 Å². The Morgan fingerprint density at radius 3 is 2.79 bits per heavy atom. The summed E-state index contributed by atoms with van der Waals surface area (Å²) in [6, 6.07) is 4.13. The molecule has 3 nitrogen and oxygen atoms in total. The topological polar surface area (TPSA) is 41.6 Å². The zero-order valence-electron chi connectivity index (χ0n) is 8.83. The Kier molecular flexibility index (Phi) is 2.02. The van der Waals surface area contributed by atoms with E-state index in [-0.39, 0.29) is 5.41 Å². The second-order valence-corrected chi connectivity index (χ2v) is 4.85. The highest BCUT2D eigenvalue weighted by atomic mass is 15.1. The standard InChI is InChI=1S/C11H15N3/c1-11(2,3)6-9-5-4-8-7-12-14-10(8)13-9/h4-5,7H,6H2,1-3H3,(H,12,13,14). The zero-order chi connectivity index (χ0) is 10.2. The minimum absolute atomic E-state index is 0.278. The van der Waals surface area contributed by atoms with Crippen molar-refractivity contribution < 1.29 is 0 Å². The van der Waals surface area contributed by atoms with E-state index in [1.165, 1.54) is 0 Å². The molecule has 0 unspecified atom stereocenters. The predicted octanol–water partition coefficient (Wildman–Crippen LogP) is 2.55. The van der Waals surface area contributed by atoms with Crippen LogP contribution < -0.4 is 0 Å². The highest BCUT2D eigenvalue weighted by Crippen LogP contribution is 2.20. The van der Waals surface area contributed by atoms with Crippen molar-refractivity contribution in [3.05, 3.63) is 24.0 Å². The van der Waals surface area contributed by atoms with Crippen molar-refractivity contribution in [1.29, 1.82) is 0 Å². The predicted molar refractivity (Wildman–Crippen MR) is 57.0 cm³/mol. The van der Waals surface area contributed by atoms with Gasteiger partial charge in [-0.2, -0.15) is 5.10 Å². The number of hydrogen-bond acceptors (Lipinski definition) is 2. The average Bonchev–Trinajstić information content (AvgIpc) is 2.47. The Hall–Kier alpha value is -1.38. The number of nitrogens with one attached hydrogen (secondary N) is 1. The van der Waals surface area contributed by atoms with Crippen LogP contribution in [0.1, 0.15) is 26.5 Å². The first-order chi connectivity index (χ1) is 6.54. The fraction of sp³-hybridized carbons (Fsp3) is 0.455. The van der Waals surface area contributed by atoms with Crippen LogP contribution in [0.15, 0.2) is 18.3 Å². The van der Waals surface area contributed by atoms with Crippen LogP contribution in [0.4, 0.5) is 0 Å². The minimum atomic E-state index is 0.278. The van der Waals surface area contributed by atoms with Gasteiger partial charge >= 0.3 is 0 Å². The molecule has 0 saturated carbocycles. The molecule has 0 aromatic carbocycles. The molecule has 14 heavy (non-hydrogen) atoms. The molecule has 1 N–H and O–H groups in total. The van der Waals surface area contributed by atoms with Gasteiger partial charge in [-0.3, -0.25) is 5.10 Å². The number of nitrogens with zero attached hydrogens (tertiary/aromatic N) is 2. The van der Waals surface area contributed by atoms with Crippen molar-refractivity contribution in [3.8, 4) is 0 Å². The lowest BCUT2D eigenvalue weighted by atomic mass is 9.90. The van der Waals surface area contributed by atoms with E-state index in [1.807, 2.05) is 0 Å². The number of H-pyrrole nitrogens is 1. The van der Waals surface area contributed by atoms with E-state index >= 15 is 0 Å². The van der Waals surface area contributed by atoms with Gasteiger partial charge in [-0.15, -0.1) is 0 Å². The lowest BCUT2D eigenvalue weighted by molar-refractivity contribution is 0.407. The molecule has 3 heteroatoms. The van der Waals surface area contributed by atoms with Crippen LogP contribution in [0.3, 0.4) is 0 Å². The molecule has 2 heterocycles. The SMILES string of the molecule is CC(C)(C)Cc1ccc2cn[nH]c2n1. The molecule has 74 valence electrons. The number of aromatic nitrogens is 3. The van der Waals surface area contributed by atoms with Crippen molar-refractivity contribution in [2.45, 2.75) is 27.2 Å². The summed E-state index contributed by atoms with van der Waals surface area (Å²) in [5, 5.41) is 7.91. The Bertz CT molecular complexity index is 437. The van der Waals surface area contributed by atoms with Crippen molar-refractivity contribution in [1.82, 2.24) is 15.2 Å². The smallest absolute Gasteiger partial charge is 0.155 e. The van der Waals surface area contributed by atoms with Gasteiger partial charge in [0, 0.05) is 11.1 Å². The van der Waals surface area contributed by atoms with Crippen LogP contribution in [-0.4, -0.2) is 15.2 Å². The van der Waals surface area contributed by atoms with Gasteiger partial charge in [0.1, 0.15) is 0 Å². The first kappa shape index (κ1) is 9.19. The Morgan fingerprint density at radius 2 is 2.07 bits per heavy atom. The molecule has 2 rings (SSSR count). The summed E-state index contributed by atoms with van der Waals surface area (Å²) >= 11 is 0. The fourth-order valence-electron chi connectivity index (χ4n) is 1.51. The number of aromatic amines is 1. The van der Waals surface area contributed by atoms with E-state index in [1.54, 1.807) is 6.20 Å². The van der Waals surface area contributed by atoms with Crippen LogP contribution in [0.25, 0.3) is 11.0 Å². The van der Waals surface area contributed by atoms with Crippen molar-refractivity contribution >= 4 is 11.0 Å². The van der Waals surface area contributed by atoms with Crippen molar-refractivity contribution in [2.75, 3.05) is 0 Å². The highest BCUT2D eigenvalue weighted by molar-refractivity contribution is 5.73. The van der Waals surface area contributed by atoms with Crippen molar-refractivity contribution in [2.24, 2.45) is 5.41 Å². The zero-order valence-corrected chi connectivity index (χ0v) is 8.83. The Morgan fingerprint density at radius 1 is 1.29 bits per heavy atom. The second-order valence-electron chi connectivity index (χ2n) is 4.85. The normalized spacial score (nSPS) is 12.2. The molecular weight excluding hydrogens is 174 g/mol. The van der Waals surface area contributed by atoms with Crippen LogP contribution in [0.2, 0.25) is 0 Å². The first-order valence-corrected chi connectivity index (χ1v) is 4.84. The molecular formula is C11H15N3. The number of fused-ring (bicyclic) bond motifs is 1. The summed E-state index contributed by atoms with van der Waals surface area (Å²) in [7, 11) is 0. The van der Waals surface area contributed by atoms with Crippen LogP contribution in [0, 0.1) is 5.41 Å². The molecule has 0 amide bonds. The minimum Gasteiger partial charge on any atom is -0.261 e. The molecule has 0 aliphatic rings. The number of hydrogen-bond donors (Lipinski definition) is 1. The molecule has 2 aromatic heterocycles. The number of pyridine rings is 1. The molecule has 0 aliphatic carbocycles. The summed E-state index contributed by atoms with van der Waals surface area (Å²) in [6.07, 6.45) is 2.78. The summed E-state index contributed by atoms with van der Waals surface area (Å²) in [4.78, 5) is 4.50. The van der Waals surface area contributed by atoms with E-state index in [9.17, 15) is 0 Å². The fourth-order valence-corrected chi connectivity index (χ4v) is 1.51. The third-order valence-corrected chi connectivity index (χ3v) is 2.07. The largest absolute Gasteiger partial charge is 0.261 e. The number of rotatable bonds is 1.